The highest BCUT2D eigenvalue weighted by Crippen LogP contribution is 2.17. The molecule has 0 amide bonds. The number of para-hydroxylation sites is 1. The number of hydrazone groups is 1. The zero-order valence-electron chi connectivity index (χ0n) is 10.5. The standard InChI is InChI=1S/C13H13N3O2S/c1-8-12(19-7-14-8)9(2)15-16-11-6-4-3-5-10(11)13(17)18/h3-7,16H,1-2H3,(H,17,18). The van der Waals surface area contributed by atoms with Gasteiger partial charge in [-0.3, -0.25) is 5.43 Å². The van der Waals surface area contributed by atoms with E-state index in [2.05, 4.69) is 15.5 Å². The van der Waals surface area contributed by atoms with E-state index in [4.69, 9.17) is 5.11 Å². The van der Waals surface area contributed by atoms with E-state index in [-0.39, 0.29) is 5.56 Å². The molecule has 2 aromatic rings. The summed E-state index contributed by atoms with van der Waals surface area (Å²) in [5.41, 5.74) is 6.91. The van der Waals surface area contributed by atoms with Gasteiger partial charge >= 0.3 is 5.97 Å². The Balaban J connectivity index is 2.23. The molecule has 98 valence electrons. The molecule has 0 aliphatic rings. The maximum Gasteiger partial charge on any atom is 0.337 e. The number of carboxylic acids is 1. The number of nitrogens with one attached hydrogen (secondary N) is 1. The highest BCUT2D eigenvalue weighted by Gasteiger charge is 2.09. The maximum absolute atomic E-state index is 11.1. The Morgan fingerprint density at radius 3 is 2.79 bits per heavy atom. The summed E-state index contributed by atoms with van der Waals surface area (Å²) in [6, 6.07) is 6.66. The average molecular weight is 275 g/mol. The molecule has 0 saturated carbocycles. The van der Waals surface area contributed by atoms with Crippen LogP contribution in [-0.4, -0.2) is 21.8 Å². The van der Waals surface area contributed by atoms with Crippen LogP contribution in [0.1, 0.15) is 27.9 Å². The van der Waals surface area contributed by atoms with Crippen molar-refractivity contribution in [3.8, 4) is 0 Å². The second-order valence-electron chi connectivity index (χ2n) is 3.93. The third-order valence-electron chi connectivity index (χ3n) is 2.58. The predicted molar refractivity (Wildman–Crippen MR) is 76.1 cm³/mol. The van der Waals surface area contributed by atoms with Gasteiger partial charge in [-0.15, -0.1) is 11.3 Å². The average Bonchev–Trinajstić information content (AvgIpc) is 2.82. The number of hydrogen-bond donors (Lipinski definition) is 2. The van der Waals surface area contributed by atoms with Gasteiger partial charge in [-0.1, -0.05) is 12.1 Å². The molecule has 0 bridgehead atoms. The monoisotopic (exact) mass is 275 g/mol. The molecule has 0 saturated heterocycles. The number of benzene rings is 1. The van der Waals surface area contributed by atoms with Crippen LogP contribution in [0.15, 0.2) is 34.9 Å². The minimum Gasteiger partial charge on any atom is -0.478 e. The summed E-state index contributed by atoms with van der Waals surface area (Å²) < 4.78 is 0. The van der Waals surface area contributed by atoms with Crippen molar-refractivity contribution in [1.29, 1.82) is 0 Å². The van der Waals surface area contributed by atoms with Gasteiger partial charge in [0.15, 0.2) is 0 Å². The maximum atomic E-state index is 11.1. The molecule has 1 heterocycles. The van der Waals surface area contributed by atoms with E-state index in [1.54, 1.807) is 23.7 Å². The lowest BCUT2D eigenvalue weighted by atomic mass is 10.2. The highest BCUT2D eigenvalue weighted by atomic mass is 32.1. The molecular formula is C13H13N3O2S. The number of aromatic nitrogens is 1. The van der Waals surface area contributed by atoms with Crippen molar-refractivity contribution in [2.24, 2.45) is 5.10 Å². The first-order chi connectivity index (χ1) is 9.09. The van der Waals surface area contributed by atoms with Gasteiger partial charge in [-0.05, 0) is 26.0 Å². The zero-order chi connectivity index (χ0) is 13.8. The second kappa shape index (κ2) is 5.62. The molecule has 1 aromatic heterocycles. The van der Waals surface area contributed by atoms with E-state index in [1.165, 1.54) is 17.4 Å². The molecule has 2 rings (SSSR count). The lowest BCUT2D eigenvalue weighted by Gasteiger charge is -2.05. The van der Waals surface area contributed by atoms with Crippen LogP contribution in [0.4, 0.5) is 5.69 Å². The first kappa shape index (κ1) is 13.2. The fraction of sp³-hybridized carbons (Fsp3) is 0.154. The van der Waals surface area contributed by atoms with Gasteiger partial charge in [0, 0.05) is 0 Å². The number of hydrogen-bond acceptors (Lipinski definition) is 5. The number of nitrogens with zero attached hydrogens (tertiary/aromatic N) is 2. The summed E-state index contributed by atoms with van der Waals surface area (Å²) in [5, 5.41) is 13.3. The van der Waals surface area contributed by atoms with Crippen molar-refractivity contribution in [2.45, 2.75) is 13.8 Å². The van der Waals surface area contributed by atoms with Crippen LogP contribution in [0.3, 0.4) is 0 Å². The van der Waals surface area contributed by atoms with Crippen LogP contribution in [-0.2, 0) is 0 Å². The Morgan fingerprint density at radius 1 is 1.42 bits per heavy atom. The fourth-order valence-corrected chi connectivity index (χ4v) is 2.37. The molecule has 0 aliphatic heterocycles. The molecule has 0 atom stereocenters. The molecule has 0 spiro atoms. The minimum absolute atomic E-state index is 0.195. The van der Waals surface area contributed by atoms with Gasteiger partial charge in [0.2, 0.25) is 0 Å². The summed E-state index contributed by atoms with van der Waals surface area (Å²) in [4.78, 5) is 16.2. The van der Waals surface area contributed by atoms with Crippen LogP contribution in [0.5, 0.6) is 0 Å². The summed E-state index contributed by atoms with van der Waals surface area (Å²) in [7, 11) is 0. The first-order valence-electron chi connectivity index (χ1n) is 5.62. The van der Waals surface area contributed by atoms with E-state index in [0.29, 0.717) is 5.69 Å². The van der Waals surface area contributed by atoms with Crippen LogP contribution in [0.25, 0.3) is 0 Å². The van der Waals surface area contributed by atoms with Crippen molar-refractivity contribution >= 4 is 28.7 Å². The molecule has 0 radical (unpaired) electrons. The Labute approximate surface area is 114 Å². The van der Waals surface area contributed by atoms with Crippen molar-refractivity contribution in [3.63, 3.8) is 0 Å². The smallest absolute Gasteiger partial charge is 0.337 e. The summed E-state index contributed by atoms with van der Waals surface area (Å²) in [6.45, 7) is 3.77. The minimum atomic E-state index is -0.982. The molecule has 0 aliphatic carbocycles. The second-order valence-corrected chi connectivity index (χ2v) is 4.78. The Bertz CT molecular complexity index is 634. The van der Waals surface area contributed by atoms with Crippen LogP contribution in [0, 0.1) is 6.92 Å². The SMILES string of the molecule is CC(=NNc1ccccc1C(=O)O)c1scnc1C. The Morgan fingerprint density at radius 2 is 2.16 bits per heavy atom. The van der Waals surface area contributed by atoms with Gasteiger partial charge in [0.05, 0.1) is 33.0 Å². The van der Waals surface area contributed by atoms with Crippen molar-refractivity contribution in [1.82, 2.24) is 4.98 Å². The Kier molecular flexibility index (Phi) is 3.91. The van der Waals surface area contributed by atoms with Gasteiger partial charge in [0.1, 0.15) is 0 Å². The molecule has 2 N–H and O–H groups in total. The number of anilines is 1. The van der Waals surface area contributed by atoms with Crippen molar-refractivity contribution in [3.05, 3.63) is 45.9 Å². The number of thiazole rings is 1. The zero-order valence-corrected chi connectivity index (χ0v) is 11.4. The van der Waals surface area contributed by atoms with E-state index in [0.717, 1.165) is 16.3 Å². The summed E-state index contributed by atoms with van der Waals surface area (Å²) >= 11 is 1.51. The molecular weight excluding hydrogens is 262 g/mol. The van der Waals surface area contributed by atoms with Crippen LogP contribution < -0.4 is 5.43 Å². The van der Waals surface area contributed by atoms with Gasteiger partial charge < -0.3 is 5.11 Å². The quantitative estimate of drug-likeness (QED) is 0.664. The summed E-state index contributed by atoms with van der Waals surface area (Å²) in [6.07, 6.45) is 0. The third kappa shape index (κ3) is 2.97. The number of carbonyl (C=O) groups is 1. The number of aromatic carboxylic acids is 1. The van der Waals surface area contributed by atoms with E-state index < -0.39 is 5.97 Å². The molecule has 6 heteroatoms. The predicted octanol–water partition coefficient (Wildman–Crippen LogP) is 2.99. The largest absolute Gasteiger partial charge is 0.478 e. The van der Waals surface area contributed by atoms with E-state index in [9.17, 15) is 4.79 Å². The van der Waals surface area contributed by atoms with Gasteiger partial charge in [0.25, 0.3) is 0 Å². The normalized spacial score (nSPS) is 11.4. The molecule has 19 heavy (non-hydrogen) atoms. The van der Waals surface area contributed by atoms with Gasteiger partial charge in [-0.2, -0.15) is 5.10 Å². The topological polar surface area (TPSA) is 74.6 Å². The van der Waals surface area contributed by atoms with Crippen molar-refractivity contribution < 1.29 is 9.90 Å². The van der Waals surface area contributed by atoms with E-state index in [1.807, 2.05) is 13.8 Å². The third-order valence-corrected chi connectivity index (χ3v) is 3.61. The molecule has 1 aromatic carbocycles. The van der Waals surface area contributed by atoms with Crippen LogP contribution >= 0.6 is 11.3 Å². The fourth-order valence-electron chi connectivity index (χ4n) is 1.61. The molecule has 0 unspecified atom stereocenters. The van der Waals surface area contributed by atoms with Gasteiger partial charge in [-0.25, -0.2) is 9.78 Å². The summed E-state index contributed by atoms with van der Waals surface area (Å²) in [5.74, 6) is -0.982. The first-order valence-corrected chi connectivity index (χ1v) is 6.50. The van der Waals surface area contributed by atoms with Crippen molar-refractivity contribution in [2.75, 3.05) is 5.43 Å². The van der Waals surface area contributed by atoms with Crippen LogP contribution in [0.2, 0.25) is 0 Å². The van der Waals surface area contributed by atoms with E-state index >= 15 is 0 Å². The molecule has 5 nitrogen and oxygen atoms in total. The molecule has 0 fully saturated rings. The lowest BCUT2D eigenvalue weighted by Crippen LogP contribution is -2.04. The lowest BCUT2D eigenvalue weighted by molar-refractivity contribution is 0.0698. The highest BCUT2D eigenvalue weighted by molar-refractivity contribution is 7.12. The number of carboxylic acid groups (broad SMARTS) is 1. The number of aryl methyl sites for hydroxylation is 1. The number of rotatable bonds is 4. The Hall–Kier alpha value is -2.21.